The Kier molecular flexibility index (Phi) is 8.00. The van der Waals surface area contributed by atoms with Gasteiger partial charge in [0.1, 0.15) is 15.8 Å². The van der Waals surface area contributed by atoms with Crippen molar-refractivity contribution in [2.75, 3.05) is 18.5 Å². The number of hydrogen-bond donors (Lipinski definition) is 1. The first-order valence-electron chi connectivity index (χ1n) is 11.5. The summed E-state index contributed by atoms with van der Waals surface area (Å²) in [5.41, 5.74) is 2.54. The number of carbonyl (C=O) groups excluding carboxylic acids is 1. The van der Waals surface area contributed by atoms with E-state index in [9.17, 15) is 9.59 Å². The number of hydrogen-bond acceptors (Lipinski definition) is 7. The van der Waals surface area contributed by atoms with Gasteiger partial charge in [0.25, 0.3) is 11.5 Å². The molecule has 1 amide bonds. The molecule has 4 rings (SSSR count). The van der Waals surface area contributed by atoms with Gasteiger partial charge < -0.3 is 10.1 Å². The molecule has 0 radical (unpaired) electrons. The van der Waals surface area contributed by atoms with Gasteiger partial charge in [-0.2, -0.15) is 0 Å². The maximum atomic E-state index is 13.5. The Hall–Kier alpha value is -3.01. The number of anilines is 1. The summed E-state index contributed by atoms with van der Waals surface area (Å²) in [6.07, 6.45) is 4.22. The van der Waals surface area contributed by atoms with Gasteiger partial charge in [-0.25, -0.2) is 4.98 Å². The molecule has 35 heavy (non-hydrogen) atoms. The van der Waals surface area contributed by atoms with Crippen LogP contribution >= 0.6 is 24.0 Å². The highest BCUT2D eigenvalue weighted by atomic mass is 32.2. The first-order valence-corrected chi connectivity index (χ1v) is 12.7. The number of benzene rings is 1. The van der Waals surface area contributed by atoms with Gasteiger partial charge in [-0.3, -0.25) is 18.9 Å². The van der Waals surface area contributed by atoms with Gasteiger partial charge in [-0.1, -0.05) is 60.4 Å². The monoisotopic (exact) mass is 508 g/mol. The molecule has 182 valence electrons. The molecule has 0 aliphatic carbocycles. The molecule has 1 aliphatic rings. The van der Waals surface area contributed by atoms with Gasteiger partial charge >= 0.3 is 0 Å². The van der Waals surface area contributed by atoms with Crippen LogP contribution in [0.25, 0.3) is 11.7 Å². The third-order valence-corrected chi connectivity index (χ3v) is 6.86. The number of nitrogens with zero attached hydrogens (tertiary/aromatic N) is 3. The van der Waals surface area contributed by atoms with Crippen molar-refractivity contribution in [3.63, 3.8) is 0 Å². The topological polar surface area (TPSA) is 75.9 Å². The van der Waals surface area contributed by atoms with E-state index >= 15 is 0 Å². The van der Waals surface area contributed by atoms with Crippen LogP contribution in [0.3, 0.4) is 0 Å². The second-order valence-electron chi connectivity index (χ2n) is 8.52. The second-order valence-corrected chi connectivity index (χ2v) is 10.2. The van der Waals surface area contributed by atoms with Gasteiger partial charge in [0.15, 0.2) is 0 Å². The molecule has 2 aromatic heterocycles. The molecule has 1 fully saturated rings. The van der Waals surface area contributed by atoms with Crippen LogP contribution in [0.1, 0.15) is 37.0 Å². The van der Waals surface area contributed by atoms with Gasteiger partial charge in [0, 0.05) is 19.3 Å². The first-order chi connectivity index (χ1) is 16.8. The molecule has 1 N–H and O–H groups in total. The van der Waals surface area contributed by atoms with E-state index in [1.807, 2.05) is 63.2 Å². The molecule has 7 nitrogen and oxygen atoms in total. The molecular weight excluding hydrogens is 480 g/mol. The summed E-state index contributed by atoms with van der Waals surface area (Å²) >= 11 is 6.69. The molecule has 0 saturated carbocycles. The van der Waals surface area contributed by atoms with Gasteiger partial charge in [0.05, 0.1) is 23.1 Å². The Morgan fingerprint density at radius 1 is 1.17 bits per heavy atom. The number of nitrogens with one attached hydrogen (secondary N) is 1. The van der Waals surface area contributed by atoms with E-state index in [4.69, 9.17) is 21.9 Å². The van der Waals surface area contributed by atoms with Crippen LogP contribution in [-0.4, -0.2) is 43.8 Å². The lowest BCUT2D eigenvalue weighted by Crippen LogP contribution is -2.27. The largest absolute Gasteiger partial charge is 0.379 e. The fourth-order valence-corrected chi connectivity index (χ4v) is 4.94. The number of thioether (sulfide) groups is 1. The van der Waals surface area contributed by atoms with E-state index in [1.54, 1.807) is 17.2 Å². The van der Waals surface area contributed by atoms with E-state index in [0.29, 0.717) is 46.0 Å². The zero-order valence-corrected chi connectivity index (χ0v) is 21.6. The van der Waals surface area contributed by atoms with Crippen molar-refractivity contribution in [2.24, 2.45) is 0 Å². The minimum Gasteiger partial charge on any atom is -0.379 e. The van der Waals surface area contributed by atoms with E-state index in [-0.39, 0.29) is 17.6 Å². The van der Waals surface area contributed by atoms with Crippen molar-refractivity contribution in [1.82, 2.24) is 14.3 Å². The Balaban J connectivity index is 1.66. The second kappa shape index (κ2) is 11.2. The molecule has 3 aromatic rings. The summed E-state index contributed by atoms with van der Waals surface area (Å²) in [4.78, 5) is 33.4. The van der Waals surface area contributed by atoms with Gasteiger partial charge in [-0.05, 0) is 50.5 Å². The summed E-state index contributed by atoms with van der Waals surface area (Å²) in [5, 5.41) is 3.28. The number of pyridine rings is 1. The average molecular weight is 509 g/mol. The van der Waals surface area contributed by atoms with E-state index in [1.165, 1.54) is 16.2 Å². The van der Waals surface area contributed by atoms with Crippen molar-refractivity contribution in [1.29, 1.82) is 0 Å². The number of thiocarbonyl (C=S) groups is 1. The van der Waals surface area contributed by atoms with Crippen LogP contribution < -0.4 is 10.9 Å². The van der Waals surface area contributed by atoms with E-state index < -0.39 is 0 Å². The van der Waals surface area contributed by atoms with E-state index in [2.05, 4.69) is 5.32 Å². The smallest absolute Gasteiger partial charge is 0.267 e. The summed E-state index contributed by atoms with van der Waals surface area (Å²) < 4.78 is 7.59. The molecule has 1 saturated heterocycles. The average Bonchev–Trinajstić information content (AvgIpc) is 3.09. The van der Waals surface area contributed by atoms with Crippen molar-refractivity contribution in [3.8, 4) is 0 Å². The minimum atomic E-state index is -0.243. The van der Waals surface area contributed by atoms with Crippen LogP contribution in [0.15, 0.2) is 58.4 Å². The number of rotatable bonds is 9. The quantitative estimate of drug-likeness (QED) is 0.257. The SMILES string of the molecule is Cc1cccn2c(=O)c(/C=C3\SC(=S)N(Cc4ccccc4)C3=O)c(NCCCOC(C)C)nc12. The summed E-state index contributed by atoms with van der Waals surface area (Å²) in [7, 11) is 0. The normalized spacial score (nSPS) is 15.1. The van der Waals surface area contributed by atoms with E-state index in [0.717, 1.165) is 17.5 Å². The standard InChI is InChI=1S/C26H28N4O3S2/c1-17(2)33-14-8-12-27-22-20(24(31)29-13-7-9-18(3)23(29)28-22)15-21-25(32)30(26(34)35-21)16-19-10-5-4-6-11-19/h4-7,9-11,13,15,17,27H,8,12,14,16H2,1-3H3/b21-15-. The van der Waals surface area contributed by atoms with Crippen LogP contribution in [-0.2, 0) is 16.1 Å². The highest BCUT2D eigenvalue weighted by Gasteiger charge is 2.32. The van der Waals surface area contributed by atoms with Crippen molar-refractivity contribution >= 4 is 51.7 Å². The third-order valence-electron chi connectivity index (χ3n) is 5.48. The number of aromatic nitrogens is 2. The molecule has 9 heteroatoms. The number of fused-ring (bicyclic) bond motifs is 1. The molecule has 3 heterocycles. The Labute approximate surface area is 214 Å². The van der Waals surface area contributed by atoms with Crippen molar-refractivity contribution < 1.29 is 9.53 Å². The minimum absolute atomic E-state index is 0.162. The highest BCUT2D eigenvalue weighted by molar-refractivity contribution is 8.26. The van der Waals surface area contributed by atoms with Crippen molar-refractivity contribution in [2.45, 2.75) is 39.8 Å². The Morgan fingerprint density at radius 3 is 2.69 bits per heavy atom. The van der Waals surface area contributed by atoms with Crippen LogP contribution in [0.5, 0.6) is 0 Å². The number of aryl methyl sites for hydroxylation is 1. The Morgan fingerprint density at radius 2 is 1.94 bits per heavy atom. The Bertz CT molecular complexity index is 1340. The molecule has 1 aromatic carbocycles. The van der Waals surface area contributed by atoms with Crippen LogP contribution in [0.4, 0.5) is 5.82 Å². The maximum Gasteiger partial charge on any atom is 0.267 e. The fraction of sp³-hybridized carbons (Fsp3) is 0.308. The lowest BCUT2D eigenvalue weighted by Gasteiger charge is -2.14. The third kappa shape index (κ3) is 5.80. The van der Waals surface area contributed by atoms with Gasteiger partial charge in [-0.15, -0.1) is 0 Å². The summed E-state index contributed by atoms with van der Waals surface area (Å²) in [6.45, 7) is 7.47. The fourth-order valence-electron chi connectivity index (χ4n) is 3.71. The zero-order valence-electron chi connectivity index (χ0n) is 20.0. The molecule has 0 unspecified atom stereocenters. The van der Waals surface area contributed by atoms with Gasteiger partial charge in [0.2, 0.25) is 0 Å². The number of ether oxygens (including phenoxy) is 1. The molecule has 1 aliphatic heterocycles. The highest BCUT2D eigenvalue weighted by Crippen LogP contribution is 2.34. The molecule has 0 spiro atoms. The summed E-state index contributed by atoms with van der Waals surface area (Å²) in [5.74, 6) is 0.232. The molecular formula is C26H28N4O3S2. The van der Waals surface area contributed by atoms with Crippen LogP contribution in [0, 0.1) is 6.92 Å². The lowest BCUT2D eigenvalue weighted by atomic mass is 10.2. The maximum absolute atomic E-state index is 13.5. The first kappa shape index (κ1) is 25.1. The molecule has 0 atom stereocenters. The summed E-state index contributed by atoms with van der Waals surface area (Å²) in [6, 6.07) is 13.4. The predicted molar refractivity (Wildman–Crippen MR) is 146 cm³/mol. The number of amides is 1. The predicted octanol–water partition coefficient (Wildman–Crippen LogP) is 4.63. The van der Waals surface area contributed by atoms with Crippen LogP contribution in [0.2, 0.25) is 0 Å². The number of carbonyl (C=O) groups is 1. The van der Waals surface area contributed by atoms with Crippen molar-refractivity contribution in [3.05, 3.63) is 80.6 Å². The molecule has 0 bridgehead atoms. The zero-order chi connectivity index (χ0) is 24.9. The lowest BCUT2D eigenvalue weighted by molar-refractivity contribution is -0.122.